The van der Waals surface area contributed by atoms with Crippen LogP contribution in [0.1, 0.15) is 25.8 Å². The second-order valence-corrected chi connectivity index (χ2v) is 8.47. The Hall–Kier alpha value is -2.09. The van der Waals surface area contributed by atoms with Gasteiger partial charge in [0.1, 0.15) is 10.6 Å². The predicted octanol–water partition coefficient (Wildman–Crippen LogP) is 1.34. The zero-order valence-corrected chi connectivity index (χ0v) is 17.5. The minimum Gasteiger partial charge on any atom is -0.495 e. The van der Waals surface area contributed by atoms with E-state index in [0.717, 1.165) is 12.8 Å². The zero-order chi connectivity index (χ0) is 19.8. The SMILES string of the molecule is CCOc1nn(C(=O)NS(=O)(=O)c2c(I)cccc2OC)c(=O)n1C1CC1. The van der Waals surface area contributed by atoms with Gasteiger partial charge in [-0.15, -0.1) is 9.78 Å². The highest BCUT2D eigenvalue weighted by atomic mass is 127. The first-order valence-electron chi connectivity index (χ1n) is 8.04. The van der Waals surface area contributed by atoms with Crippen molar-refractivity contribution in [1.29, 1.82) is 0 Å². The molecule has 0 aliphatic heterocycles. The Morgan fingerprint density at radius 1 is 1.41 bits per heavy atom. The van der Waals surface area contributed by atoms with Crippen molar-refractivity contribution >= 4 is 38.6 Å². The van der Waals surface area contributed by atoms with Crippen LogP contribution >= 0.6 is 22.6 Å². The van der Waals surface area contributed by atoms with Gasteiger partial charge in [0.25, 0.3) is 10.0 Å². The van der Waals surface area contributed by atoms with Crippen molar-refractivity contribution in [1.82, 2.24) is 19.1 Å². The van der Waals surface area contributed by atoms with Gasteiger partial charge in [0.05, 0.1) is 13.7 Å². The molecule has 27 heavy (non-hydrogen) atoms. The highest BCUT2D eigenvalue weighted by molar-refractivity contribution is 14.1. The molecule has 1 aromatic heterocycles. The van der Waals surface area contributed by atoms with E-state index in [9.17, 15) is 18.0 Å². The molecule has 12 heteroatoms. The van der Waals surface area contributed by atoms with Gasteiger partial charge in [-0.2, -0.15) is 0 Å². The monoisotopic (exact) mass is 508 g/mol. The van der Waals surface area contributed by atoms with E-state index in [4.69, 9.17) is 9.47 Å². The van der Waals surface area contributed by atoms with Crippen LogP contribution in [0.15, 0.2) is 27.9 Å². The van der Waals surface area contributed by atoms with E-state index in [1.807, 2.05) is 27.3 Å². The highest BCUT2D eigenvalue weighted by Crippen LogP contribution is 2.36. The van der Waals surface area contributed by atoms with E-state index in [-0.39, 0.29) is 29.3 Å². The second kappa shape index (κ2) is 7.50. The van der Waals surface area contributed by atoms with Crippen molar-refractivity contribution in [2.45, 2.75) is 30.7 Å². The average Bonchev–Trinajstić information content (AvgIpc) is 3.38. The highest BCUT2D eigenvalue weighted by Gasteiger charge is 2.33. The fourth-order valence-corrected chi connectivity index (χ4v) is 4.99. The number of nitrogens with one attached hydrogen (secondary N) is 1. The molecule has 1 aliphatic rings. The predicted molar refractivity (Wildman–Crippen MR) is 103 cm³/mol. The molecule has 1 fully saturated rings. The molecule has 146 valence electrons. The van der Waals surface area contributed by atoms with Crippen molar-refractivity contribution in [2.75, 3.05) is 13.7 Å². The molecule has 0 atom stereocenters. The summed E-state index contributed by atoms with van der Waals surface area (Å²) in [7, 11) is -2.98. The molecule has 0 unspecified atom stereocenters. The third-order valence-electron chi connectivity index (χ3n) is 3.80. The number of rotatable bonds is 6. The lowest BCUT2D eigenvalue weighted by atomic mass is 10.3. The van der Waals surface area contributed by atoms with Crippen LogP contribution in [0.2, 0.25) is 0 Å². The van der Waals surface area contributed by atoms with Gasteiger partial charge in [-0.25, -0.2) is 27.3 Å². The van der Waals surface area contributed by atoms with E-state index in [1.54, 1.807) is 19.1 Å². The average molecular weight is 508 g/mol. The van der Waals surface area contributed by atoms with Crippen molar-refractivity contribution < 1.29 is 22.7 Å². The molecule has 1 aromatic carbocycles. The van der Waals surface area contributed by atoms with Gasteiger partial charge in [0, 0.05) is 9.61 Å². The van der Waals surface area contributed by atoms with Crippen LogP contribution in [-0.2, 0) is 10.0 Å². The first-order chi connectivity index (χ1) is 12.8. The number of sulfonamides is 1. The molecule has 0 radical (unpaired) electrons. The topological polar surface area (TPSA) is 122 Å². The number of carbonyl (C=O) groups excluding carboxylic acids is 1. The molecule has 0 spiro atoms. The summed E-state index contributed by atoms with van der Waals surface area (Å²) in [6.45, 7) is 1.97. The van der Waals surface area contributed by atoms with E-state index >= 15 is 0 Å². The molecule has 1 amide bonds. The standard InChI is InChI=1S/C15H17IN4O6S/c1-3-26-14-17-20(15(22)19(14)9-7-8-9)13(21)18-27(23,24)12-10(16)5-4-6-11(12)25-2/h4-6,9H,3,7-8H2,1-2H3,(H,18,21). The van der Waals surface area contributed by atoms with Crippen molar-refractivity contribution in [3.63, 3.8) is 0 Å². The van der Waals surface area contributed by atoms with Crippen molar-refractivity contribution in [3.8, 4) is 11.8 Å². The summed E-state index contributed by atoms with van der Waals surface area (Å²) in [5.74, 6) is 0.0769. The lowest BCUT2D eigenvalue weighted by Gasteiger charge is -2.11. The molecule has 0 saturated heterocycles. The Kier molecular flexibility index (Phi) is 5.46. The van der Waals surface area contributed by atoms with Crippen LogP contribution in [0.5, 0.6) is 11.8 Å². The number of amides is 1. The maximum atomic E-state index is 12.7. The summed E-state index contributed by atoms with van der Waals surface area (Å²) in [5.41, 5.74) is -0.747. The molecule has 1 aliphatic carbocycles. The molecule has 3 rings (SSSR count). The van der Waals surface area contributed by atoms with Gasteiger partial charge in [0.15, 0.2) is 0 Å². The summed E-state index contributed by atoms with van der Waals surface area (Å²) in [4.78, 5) is 24.8. The number of benzene rings is 1. The minimum atomic E-state index is -4.30. The third kappa shape index (κ3) is 3.81. The van der Waals surface area contributed by atoms with Crippen LogP contribution in [-0.4, -0.2) is 42.5 Å². The fraction of sp³-hybridized carbons (Fsp3) is 0.400. The van der Waals surface area contributed by atoms with Crippen LogP contribution < -0.4 is 19.9 Å². The second-order valence-electron chi connectivity index (χ2n) is 5.69. The number of halogens is 1. The summed E-state index contributed by atoms with van der Waals surface area (Å²) < 4.78 is 39.7. The van der Waals surface area contributed by atoms with Crippen LogP contribution in [0.25, 0.3) is 0 Å². The quantitative estimate of drug-likeness (QED) is 0.585. The smallest absolute Gasteiger partial charge is 0.360 e. The summed E-state index contributed by atoms with van der Waals surface area (Å²) >= 11 is 1.82. The molecular weight excluding hydrogens is 491 g/mol. The number of methoxy groups -OCH3 is 1. The van der Waals surface area contributed by atoms with E-state index in [1.165, 1.54) is 17.7 Å². The Morgan fingerprint density at radius 2 is 2.11 bits per heavy atom. The summed E-state index contributed by atoms with van der Waals surface area (Å²) in [6, 6.07) is 3.35. The van der Waals surface area contributed by atoms with E-state index in [0.29, 0.717) is 8.25 Å². The first kappa shape index (κ1) is 19.7. The van der Waals surface area contributed by atoms with Crippen LogP contribution in [0.3, 0.4) is 0 Å². The Bertz CT molecular complexity index is 1040. The molecule has 1 saturated carbocycles. The summed E-state index contributed by atoms with van der Waals surface area (Å²) in [5, 5.41) is 3.84. The molecule has 2 aromatic rings. The maximum absolute atomic E-state index is 12.7. The van der Waals surface area contributed by atoms with Gasteiger partial charge in [-0.3, -0.25) is 0 Å². The number of ether oxygens (including phenoxy) is 2. The number of carbonyl (C=O) groups is 1. The van der Waals surface area contributed by atoms with Gasteiger partial charge < -0.3 is 9.47 Å². The molecule has 1 heterocycles. The van der Waals surface area contributed by atoms with Gasteiger partial charge in [-0.1, -0.05) is 6.07 Å². The van der Waals surface area contributed by atoms with Crippen LogP contribution in [0.4, 0.5) is 4.79 Å². The minimum absolute atomic E-state index is 0.00980. The van der Waals surface area contributed by atoms with Gasteiger partial charge in [-0.05, 0) is 54.5 Å². The van der Waals surface area contributed by atoms with Gasteiger partial charge >= 0.3 is 17.7 Å². The Balaban J connectivity index is 1.96. The largest absolute Gasteiger partial charge is 0.495 e. The van der Waals surface area contributed by atoms with Crippen molar-refractivity contribution in [3.05, 3.63) is 32.3 Å². The van der Waals surface area contributed by atoms with E-state index < -0.39 is 21.7 Å². The van der Waals surface area contributed by atoms with Crippen molar-refractivity contribution in [2.24, 2.45) is 0 Å². The zero-order valence-electron chi connectivity index (χ0n) is 14.5. The fourth-order valence-electron chi connectivity index (χ4n) is 2.49. The van der Waals surface area contributed by atoms with Gasteiger partial charge in [0.2, 0.25) is 0 Å². The molecule has 0 bridgehead atoms. The van der Waals surface area contributed by atoms with E-state index in [2.05, 4.69) is 5.10 Å². The number of nitrogens with zero attached hydrogens (tertiary/aromatic N) is 3. The third-order valence-corrected chi connectivity index (χ3v) is 6.46. The Morgan fingerprint density at radius 3 is 2.70 bits per heavy atom. The lowest BCUT2D eigenvalue weighted by Crippen LogP contribution is -2.40. The van der Waals surface area contributed by atoms with Crippen LogP contribution in [0, 0.1) is 3.57 Å². The number of hydrogen-bond donors (Lipinski definition) is 1. The summed E-state index contributed by atoms with van der Waals surface area (Å²) in [6.07, 6.45) is 1.54. The molecular formula is C15H17IN4O6S. The first-order valence-corrected chi connectivity index (χ1v) is 10.6. The molecule has 1 N–H and O–H groups in total. The maximum Gasteiger partial charge on any atom is 0.360 e. The number of hydrogen-bond acceptors (Lipinski definition) is 7. The number of aromatic nitrogens is 3. The Labute approximate surface area is 168 Å². The lowest BCUT2D eigenvalue weighted by molar-refractivity contribution is 0.242. The normalized spacial score (nSPS) is 14.0. The molecule has 10 nitrogen and oxygen atoms in total.